The largest absolute Gasteiger partial charge is 0.326 e. The number of benzene rings is 3. The molecule has 1 aliphatic carbocycles. The highest BCUT2D eigenvalue weighted by molar-refractivity contribution is 7.89. The van der Waals surface area contributed by atoms with Crippen LogP contribution in [0.25, 0.3) is 0 Å². The van der Waals surface area contributed by atoms with Crippen LogP contribution >= 0.6 is 0 Å². The molecule has 0 radical (unpaired) electrons. The molecule has 3 aromatic rings. The molecule has 182 valence electrons. The van der Waals surface area contributed by atoms with Crippen molar-refractivity contribution in [3.63, 3.8) is 0 Å². The topological polar surface area (TPSA) is 104 Å². The zero-order valence-corrected chi connectivity index (χ0v) is 20.4. The van der Waals surface area contributed by atoms with Gasteiger partial charge in [-0.05, 0) is 78.9 Å². The molecular weight excluding hydrogens is 462 g/mol. The molecule has 0 spiro atoms. The molecule has 0 saturated heterocycles. The van der Waals surface area contributed by atoms with Crippen LogP contribution in [0.2, 0.25) is 0 Å². The maximum Gasteiger partial charge on any atom is 0.255 e. The standard InChI is InChI=1S/C27H29N3O4S/c1-2-4-19-5-3-6-24(17-19)29-27(32)21-9-11-22(12-10-21)28-26(31)18-20-7-15-25(16-8-20)35(33,34)30-23-13-14-23/h3,5-12,15-17,23,30H,2,4,13-14,18H2,1H3,(H,28,31)(H,29,32). The Labute approximate surface area is 206 Å². The predicted molar refractivity (Wildman–Crippen MR) is 137 cm³/mol. The van der Waals surface area contributed by atoms with Gasteiger partial charge in [0, 0.05) is 23.0 Å². The lowest BCUT2D eigenvalue weighted by atomic mass is 10.1. The van der Waals surface area contributed by atoms with Crippen LogP contribution in [-0.4, -0.2) is 26.3 Å². The molecule has 7 nitrogen and oxygen atoms in total. The molecule has 2 amide bonds. The van der Waals surface area contributed by atoms with Gasteiger partial charge in [0.25, 0.3) is 5.91 Å². The smallest absolute Gasteiger partial charge is 0.255 e. The van der Waals surface area contributed by atoms with E-state index < -0.39 is 10.0 Å². The molecule has 8 heteroatoms. The fraction of sp³-hybridized carbons (Fsp3) is 0.259. The summed E-state index contributed by atoms with van der Waals surface area (Å²) in [6.07, 6.45) is 3.84. The first kappa shape index (κ1) is 24.6. The number of carbonyl (C=O) groups excluding carboxylic acids is 2. The van der Waals surface area contributed by atoms with E-state index in [2.05, 4.69) is 22.3 Å². The van der Waals surface area contributed by atoms with Gasteiger partial charge in [0.2, 0.25) is 15.9 Å². The lowest BCUT2D eigenvalue weighted by Crippen LogP contribution is -2.25. The van der Waals surface area contributed by atoms with Gasteiger partial charge < -0.3 is 10.6 Å². The molecule has 1 fully saturated rings. The minimum absolute atomic E-state index is 0.0416. The van der Waals surface area contributed by atoms with Crippen LogP contribution in [0.5, 0.6) is 0 Å². The minimum atomic E-state index is -3.51. The highest BCUT2D eigenvalue weighted by atomic mass is 32.2. The van der Waals surface area contributed by atoms with E-state index in [1.807, 2.05) is 24.3 Å². The normalized spacial score (nSPS) is 13.3. The van der Waals surface area contributed by atoms with Crippen molar-refractivity contribution >= 4 is 33.2 Å². The highest BCUT2D eigenvalue weighted by Crippen LogP contribution is 2.22. The van der Waals surface area contributed by atoms with E-state index in [4.69, 9.17) is 0 Å². The van der Waals surface area contributed by atoms with Gasteiger partial charge >= 0.3 is 0 Å². The van der Waals surface area contributed by atoms with E-state index in [0.717, 1.165) is 31.4 Å². The van der Waals surface area contributed by atoms with Gasteiger partial charge in [-0.1, -0.05) is 37.6 Å². The second-order valence-electron chi connectivity index (χ2n) is 8.75. The first-order valence-corrected chi connectivity index (χ1v) is 13.2. The number of hydrogen-bond acceptors (Lipinski definition) is 4. The summed E-state index contributed by atoms with van der Waals surface area (Å²) in [4.78, 5) is 25.2. The molecule has 3 N–H and O–H groups in total. The number of sulfonamides is 1. The van der Waals surface area contributed by atoms with Crippen LogP contribution in [0.1, 0.15) is 47.7 Å². The Morgan fingerprint density at radius 2 is 1.57 bits per heavy atom. The summed E-state index contributed by atoms with van der Waals surface area (Å²) in [5, 5.41) is 5.71. The third-order valence-electron chi connectivity index (χ3n) is 5.65. The monoisotopic (exact) mass is 491 g/mol. The quantitative estimate of drug-likeness (QED) is 0.388. The average Bonchev–Trinajstić information content (AvgIpc) is 3.63. The van der Waals surface area contributed by atoms with E-state index in [-0.39, 0.29) is 29.2 Å². The average molecular weight is 492 g/mol. The Morgan fingerprint density at radius 3 is 2.23 bits per heavy atom. The molecule has 1 aliphatic rings. The van der Waals surface area contributed by atoms with Crippen molar-refractivity contribution in [3.05, 3.63) is 89.5 Å². The lowest BCUT2D eigenvalue weighted by Gasteiger charge is -2.09. The fourth-order valence-corrected chi connectivity index (χ4v) is 4.97. The second kappa shape index (κ2) is 10.8. The molecule has 0 aromatic heterocycles. The first-order chi connectivity index (χ1) is 16.8. The Hall–Kier alpha value is -3.49. The SMILES string of the molecule is CCCc1cccc(NC(=O)c2ccc(NC(=O)Cc3ccc(S(=O)(=O)NC4CC4)cc3)cc2)c1. The molecule has 0 heterocycles. The molecule has 4 rings (SSSR count). The Kier molecular flexibility index (Phi) is 7.63. The number of carbonyl (C=O) groups is 2. The lowest BCUT2D eigenvalue weighted by molar-refractivity contribution is -0.115. The molecule has 0 atom stereocenters. The van der Waals surface area contributed by atoms with Crippen LogP contribution in [0.4, 0.5) is 11.4 Å². The fourth-order valence-electron chi connectivity index (χ4n) is 3.67. The van der Waals surface area contributed by atoms with E-state index in [9.17, 15) is 18.0 Å². The summed E-state index contributed by atoms with van der Waals surface area (Å²) in [6.45, 7) is 2.11. The molecule has 0 aliphatic heterocycles. The Bertz CT molecular complexity index is 1300. The number of nitrogens with one attached hydrogen (secondary N) is 3. The zero-order valence-electron chi connectivity index (χ0n) is 19.6. The maximum absolute atomic E-state index is 12.6. The van der Waals surface area contributed by atoms with Gasteiger partial charge in [-0.15, -0.1) is 0 Å². The van der Waals surface area contributed by atoms with Crippen molar-refractivity contribution in [2.75, 3.05) is 10.6 Å². The van der Waals surface area contributed by atoms with Gasteiger partial charge in [0.05, 0.1) is 11.3 Å². The van der Waals surface area contributed by atoms with Crippen molar-refractivity contribution in [3.8, 4) is 0 Å². The number of anilines is 2. The van der Waals surface area contributed by atoms with Gasteiger partial charge in [-0.25, -0.2) is 13.1 Å². The number of aryl methyl sites for hydroxylation is 1. The molecule has 0 bridgehead atoms. The number of rotatable bonds is 10. The molecule has 3 aromatic carbocycles. The van der Waals surface area contributed by atoms with Crippen molar-refractivity contribution < 1.29 is 18.0 Å². The summed E-state index contributed by atoms with van der Waals surface area (Å²) < 4.78 is 27.2. The summed E-state index contributed by atoms with van der Waals surface area (Å²) in [6, 6.07) is 20.8. The van der Waals surface area contributed by atoms with Crippen LogP contribution < -0.4 is 15.4 Å². The maximum atomic E-state index is 12.6. The van der Waals surface area contributed by atoms with Crippen molar-refractivity contribution in [2.24, 2.45) is 0 Å². The molecule has 35 heavy (non-hydrogen) atoms. The predicted octanol–water partition coefficient (Wildman–Crippen LogP) is 4.51. The van der Waals surface area contributed by atoms with Crippen molar-refractivity contribution in [1.82, 2.24) is 4.72 Å². The van der Waals surface area contributed by atoms with Crippen molar-refractivity contribution in [2.45, 2.75) is 50.0 Å². The minimum Gasteiger partial charge on any atom is -0.326 e. The number of amides is 2. The van der Waals surface area contributed by atoms with Crippen molar-refractivity contribution in [1.29, 1.82) is 0 Å². The molecule has 0 unspecified atom stereocenters. The van der Waals surface area contributed by atoms with Crippen LogP contribution in [0.15, 0.2) is 77.7 Å². The number of hydrogen-bond donors (Lipinski definition) is 3. The van der Waals surface area contributed by atoms with Crippen LogP contribution in [0.3, 0.4) is 0 Å². The van der Waals surface area contributed by atoms with E-state index in [1.165, 1.54) is 17.7 Å². The summed E-state index contributed by atoms with van der Waals surface area (Å²) >= 11 is 0. The van der Waals surface area contributed by atoms with Gasteiger partial charge in [0.1, 0.15) is 0 Å². The first-order valence-electron chi connectivity index (χ1n) is 11.7. The summed E-state index contributed by atoms with van der Waals surface area (Å²) in [5.41, 5.74) is 3.69. The molecule has 1 saturated carbocycles. The third kappa shape index (κ3) is 7.00. The van der Waals surface area contributed by atoms with Crippen LogP contribution in [-0.2, 0) is 27.7 Å². The van der Waals surface area contributed by atoms with E-state index in [1.54, 1.807) is 36.4 Å². The van der Waals surface area contributed by atoms with E-state index >= 15 is 0 Å². The van der Waals surface area contributed by atoms with Gasteiger partial charge in [-0.3, -0.25) is 9.59 Å². The Morgan fingerprint density at radius 1 is 0.857 bits per heavy atom. The van der Waals surface area contributed by atoms with Crippen LogP contribution in [0, 0.1) is 0 Å². The van der Waals surface area contributed by atoms with Gasteiger partial charge in [-0.2, -0.15) is 0 Å². The van der Waals surface area contributed by atoms with E-state index in [0.29, 0.717) is 16.8 Å². The third-order valence-corrected chi connectivity index (χ3v) is 7.19. The Balaban J connectivity index is 1.30. The second-order valence-corrected chi connectivity index (χ2v) is 10.5. The summed E-state index contributed by atoms with van der Waals surface area (Å²) in [5.74, 6) is -0.454. The summed E-state index contributed by atoms with van der Waals surface area (Å²) in [7, 11) is -3.51. The highest BCUT2D eigenvalue weighted by Gasteiger charge is 2.27. The molecular formula is C27H29N3O4S. The zero-order chi connectivity index (χ0) is 24.8. The van der Waals surface area contributed by atoms with Gasteiger partial charge in [0.15, 0.2) is 0 Å².